The molecule has 0 heterocycles. The first kappa shape index (κ1) is 16.9. The Morgan fingerprint density at radius 3 is 2.50 bits per heavy atom. The van der Waals surface area contributed by atoms with Gasteiger partial charge in [-0.05, 0) is 30.3 Å². The Morgan fingerprint density at radius 2 is 1.92 bits per heavy atom. The quantitative estimate of drug-likeness (QED) is 0.286. The van der Waals surface area contributed by atoms with Gasteiger partial charge in [0, 0.05) is 17.7 Å². The molecule has 2 aromatic carbocycles. The summed E-state index contributed by atoms with van der Waals surface area (Å²) >= 11 is 0. The average Bonchev–Trinajstić information content (AvgIpc) is 2.62. The molecule has 0 aliphatic carbocycles. The van der Waals surface area contributed by atoms with Gasteiger partial charge in [0.25, 0.3) is 5.69 Å². The second kappa shape index (κ2) is 7.73. The van der Waals surface area contributed by atoms with Crippen LogP contribution in [0, 0.1) is 10.1 Å². The van der Waals surface area contributed by atoms with Gasteiger partial charge in [-0.15, -0.1) is 0 Å². The van der Waals surface area contributed by atoms with E-state index in [1.807, 2.05) is 0 Å². The SMILES string of the molecule is COc1ccc(/C(COC(=O)c2cccc([N+](=O)[O-])c2)=N/O)cc1. The molecule has 0 spiro atoms. The fourth-order valence-corrected chi connectivity index (χ4v) is 1.92. The van der Waals surface area contributed by atoms with Crippen molar-refractivity contribution in [2.75, 3.05) is 13.7 Å². The number of methoxy groups -OCH3 is 1. The van der Waals surface area contributed by atoms with Crippen molar-refractivity contribution in [1.82, 2.24) is 0 Å². The van der Waals surface area contributed by atoms with Crippen LogP contribution < -0.4 is 4.74 Å². The van der Waals surface area contributed by atoms with Gasteiger partial charge in [-0.3, -0.25) is 10.1 Å². The zero-order valence-electron chi connectivity index (χ0n) is 12.7. The van der Waals surface area contributed by atoms with E-state index in [9.17, 15) is 14.9 Å². The van der Waals surface area contributed by atoms with Gasteiger partial charge in [0.2, 0.25) is 0 Å². The van der Waals surface area contributed by atoms with Crippen LogP contribution in [-0.2, 0) is 4.74 Å². The topological polar surface area (TPSA) is 111 Å². The molecule has 1 N–H and O–H groups in total. The fraction of sp³-hybridized carbons (Fsp3) is 0.125. The Kier molecular flexibility index (Phi) is 5.45. The molecule has 0 fully saturated rings. The van der Waals surface area contributed by atoms with E-state index in [-0.39, 0.29) is 23.6 Å². The van der Waals surface area contributed by atoms with E-state index in [4.69, 9.17) is 14.7 Å². The van der Waals surface area contributed by atoms with Crippen molar-refractivity contribution in [3.63, 3.8) is 0 Å². The van der Waals surface area contributed by atoms with Crippen LogP contribution in [0.15, 0.2) is 53.7 Å². The van der Waals surface area contributed by atoms with E-state index in [0.29, 0.717) is 11.3 Å². The Hall–Kier alpha value is -3.42. The minimum absolute atomic E-state index is 0.0382. The summed E-state index contributed by atoms with van der Waals surface area (Å²) in [7, 11) is 1.52. The van der Waals surface area contributed by atoms with Gasteiger partial charge in [-0.2, -0.15) is 0 Å². The predicted molar refractivity (Wildman–Crippen MR) is 84.7 cm³/mol. The largest absolute Gasteiger partial charge is 0.497 e. The lowest BCUT2D eigenvalue weighted by atomic mass is 10.1. The van der Waals surface area contributed by atoms with Crippen molar-refractivity contribution in [1.29, 1.82) is 0 Å². The average molecular weight is 330 g/mol. The number of oxime groups is 1. The number of carbonyl (C=O) groups is 1. The maximum atomic E-state index is 12.0. The first-order chi connectivity index (χ1) is 11.5. The minimum atomic E-state index is -0.756. The third-order valence-electron chi connectivity index (χ3n) is 3.18. The molecule has 24 heavy (non-hydrogen) atoms. The normalized spacial score (nSPS) is 11.0. The van der Waals surface area contributed by atoms with Crippen molar-refractivity contribution in [3.05, 3.63) is 69.8 Å². The Morgan fingerprint density at radius 1 is 1.21 bits per heavy atom. The number of nitro groups is 1. The molecule has 0 aromatic heterocycles. The van der Waals surface area contributed by atoms with Gasteiger partial charge in [-0.25, -0.2) is 4.79 Å². The van der Waals surface area contributed by atoms with E-state index in [1.54, 1.807) is 24.3 Å². The van der Waals surface area contributed by atoms with Gasteiger partial charge < -0.3 is 14.7 Å². The monoisotopic (exact) mass is 330 g/mol. The van der Waals surface area contributed by atoms with Crippen LogP contribution in [0.2, 0.25) is 0 Å². The molecule has 0 saturated heterocycles. The van der Waals surface area contributed by atoms with Crippen LogP contribution in [0.25, 0.3) is 0 Å². The van der Waals surface area contributed by atoms with Gasteiger partial charge in [0.05, 0.1) is 17.6 Å². The first-order valence-electron chi connectivity index (χ1n) is 6.82. The summed E-state index contributed by atoms with van der Waals surface area (Å²) < 4.78 is 10.1. The third-order valence-corrected chi connectivity index (χ3v) is 3.18. The van der Waals surface area contributed by atoms with Crippen molar-refractivity contribution in [2.24, 2.45) is 5.16 Å². The predicted octanol–water partition coefficient (Wildman–Crippen LogP) is 2.64. The minimum Gasteiger partial charge on any atom is -0.497 e. The van der Waals surface area contributed by atoms with Crippen molar-refractivity contribution in [3.8, 4) is 5.75 Å². The highest BCUT2D eigenvalue weighted by Crippen LogP contribution is 2.15. The fourth-order valence-electron chi connectivity index (χ4n) is 1.92. The third kappa shape index (κ3) is 4.07. The van der Waals surface area contributed by atoms with Gasteiger partial charge in [-0.1, -0.05) is 11.2 Å². The number of nitrogens with zero attached hydrogens (tertiary/aromatic N) is 2. The van der Waals surface area contributed by atoms with Gasteiger partial charge in [0.15, 0.2) is 0 Å². The molecule has 0 radical (unpaired) electrons. The summed E-state index contributed by atoms with van der Waals surface area (Å²) in [4.78, 5) is 22.1. The highest BCUT2D eigenvalue weighted by Gasteiger charge is 2.14. The standard InChI is InChI=1S/C16H14N2O6/c1-23-14-7-5-11(6-8-14)15(17-20)10-24-16(19)12-3-2-4-13(9-12)18(21)22/h2-9,20H,10H2,1H3/b17-15+. The number of nitro benzene ring substituents is 1. The molecular formula is C16H14N2O6. The molecule has 0 amide bonds. The van der Waals surface area contributed by atoms with E-state index >= 15 is 0 Å². The van der Waals surface area contributed by atoms with Crippen LogP contribution in [0.4, 0.5) is 5.69 Å². The molecule has 8 heteroatoms. The van der Waals surface area contributed by atoms with Crippen molar-refractivity contribution in [2.45, 2.75) is 0 Å². The van der Waals surface area contributed by atoms with Crippen LogP contribution in [0.1, 0.15) is 15.9 Å². The number of rotatable bonds is 6. The van der Waals surface area contributed by atoms with Crippen LogP contribution >= 0.6 is 0 Å². The molecular weight excluding hydrogens is 316 g/mol. The van der Waals surface area contributed by atoms with Crippen LogP contribution in [0.5, 0.6) is 5.75 Å². The first-order valence-corrected chi connectivity index (χ1v) is 6.82. The summed E-state index contributed by atoms with van der Waals surface area (Å²) in [5.41, 5.74) is 0.508. The van der Waals surface area contributed by atoms with Crippen molar-refractivity contribution >= 4 is 17.4 Å². The highest BCUT2D eigenvalue weighted by atomic mass is 16.6. The van der Waals surface area contributed by atoms with E-state index in [2.05, 4.69) is 5.16 Å². The maximum absolute atomic E-state index is 12.0. The summed E-state index contributed by atoms with van der Waals surface area (Å²) in [6.07, 6.45) is 0. The zero-order chi connectivity index (χ0) is 17.5. The summed E-state index contributed by atoms with van der Waals surface area (Å²) in [5.74, 6) is -0.127. The van der Waals surface area contributed by atoms with E-state index in [1.165, 1.54) is 25.3 Å². The lowest BCUT2D eigenvalue weighted by Crippen LogP contribution is -2.15. The summed E-state index contributed by atoms with van der Waals surface area (Å²) in [5, 5.41) is 22.9. The van der Waals surface area contributed by atoms with Crippen LogP contribution in [-0.4, -0.2) is 35.5 Å². The smallest absolute Gasteiger partial charge is 0.338 e. The van der Waals surface area contributed by atoms with Crippen molar-refractivity contribution < 1.29 is 24.4 Å². The van der Waals surface area contributed by atoms with E-state index in [0.717, 1.165) is 6.07 Å². The van der Waals surface area contributed by atoms with Gasteiger partial charge in [0.1, 0.15) is 18.1 Å². The van der Waals surface area contributed by atoms with Crippen LogP contribution in [0.3, 0.4) is 0 Å². The molecule has 0 unspecified atom stereocenters. The summed E-state index contributed by atoms with van der Waals surface area (Å²) in [6, 6.07) is 11.8. The maximum Gasteiger partial charge on any atom is 0.338 e. The Bertz CT molecular complexity index is 770. The Labute approximate surface area is 137 Å². The van der Waals surface area contributed by atoms with E-state index < -0.39 is 10.9 Å². The number of carbonyl (C=O) groups excluding carboxylic acids is 1. The summed E-state index contributed by atoms with van der Waals surface area (Å²) in [6.45, 7) is -0.287. The lowest BCUT2D eigenvalue weighted by molar-refractivity contribution is -0.384. The lowest BCUT2D eigenvalue weighted by Gasteiger charge is -2.07. The number of benzene rings is 2. The molecule has 0 aliphatic heterocycles. The molecule has 2 rings (SSSR count). The second-order valence-corrected chi connectivity index (χ2v) is 4.66. The number of ether oxygens (including phenoxy) is 2. The number of esters is 1. The zero-order valence-corrected chi connectivity index (χ0v) is 12.7. The highest BCUT2D eigenvalue weighted by molar-refractivity contribution is 6.02. The molecule has 0 bridgehead atoms. The molecule has 0 aliphatic rings. The molecule has 2 aromatic rings. The molecule has 124 valence electrons. The molecule has 0 saturated carbocycles. The molecule has 8 nitrogen and oxygen atoms in total. The molecule has 0 atom stereocenters. The van der Waals surface area contributed by atoms with Gasteiger partial charge >= 0.3 is 5.97 Å². The number of hydrogen-bond donors (Lipinski definition) is 1. The Balaban J connectivity index is 2.06. The number of hydrogen-bond acceptors (Lipinski definition) is 7. The second-order valence-electron chi connectivity index (χ2n) is 4.66. The number of non-ortho nitro benzene ring substituents is 1.